The highest BCUT2D eigenvalue weighted by molar-refractivity contribution is 5.75. The number of nitriles is 1. The number of hydrogen-bond acceptors (Lipinski definition) is 2. The van der Waals surface area contributed by atoms with Gasteiger partial charge in [-0.25, -0.2) is 4.79 Å². The monoisotopic (exact) mass is 183 g/mol. The third-order valence-corrected chi connectivity index (χ3v) is 1.70. The number of nitrogens with zero attached hydrogens (tertiary/aromatic N) is 1. The Morgan fingerprint density at radius 1 is 1.62 bits per heavy atom. The maximum Gasteiger partial charge on any atom is 0.316 e. The van der Waals surface area contributed by atoms with Crippen LogP contribution in [0.25, 0.3) is 0 Å². The van der Waals surface area contributed by atoms with Gasteiger partial charge in [0.05, 0.1) is 6.07 Å². The first-order valence-electron chi connectivity index (χ1n) is 4.41. The van der Waals surface area contributed by atoms with E-state index in [4.69, 9.17) is 5.26 Å². The van der Waals surface area contributed by atoms with Crippen LogP contribution in [0.3, 0.4) is 0 Å². The molecule has 1 atom stereocenters. The van der Waals surface area contributed by atoms with Crippen molar-refractivity contribution in [2.24, 2.45) is 0 Å². The van der Waals surface area contributed by atoms with Gasteiger partial charge < -0.3 is 10.6 Å². The van der Waals surface area contributed by atoms with Crippen molar-refractivity contribution in [1.82, 2.24) is 10.6 Å². The average Bonchev–Trinajstić information content (AvgIpc) is 2.03. The third-order valence-electron chi connectivity index (χ3n) is 1.70. The van der Waals surface area contributed by atoms with E-state index in [0.717, 1.165) is 6.42 Å². The van der Waals surface area contributed by atoms with Gasteiger partial charge in [0.1, 0.15) is 5.54 Å². The fourth-order valence-electron chi connectivity index (χ4n) is 0.674. The van der Waals surface area contributed by atoms with Crippen molar-refractivity contribution in [2.75, 3.05) is 0 Å². The van der Waals surface area contributed by atoms with Gasteiger partial charge in [-0.3, -0.25) is 0 Å². The van der Waals surface area contributed by atoms with Crippen molar-refractivity contribution in [2.45, 2.75) is 45.7 Å². The van der Waals surface area contributed by atoms with E-state index in [-0.39, 0.29) is 12.1 Å². The molecule has 0 heterocycles. The number of hydrogen-bond donors (Lipinski definition) is 2. The molecule has 4 nitrogen and oxygen atoms in total. The maximum absolute atomic E-state index is 11.2. The Hall–Kier alpha value is -1.24. The lowest BCUT2D eigenvalue weighted by Gasteiger charge is -2.19. The van der Waals surface area contributed by atoms with Gasteiger partial charge in [-0.15, -0.1) is 0 Å². The first-order chi connectivity index (χ1) is 5.91. The molecule has 0 aromatic carbocycles. The first kappa shape index (κ1) is 11.8. The summed E-state index contributed by atoms with van der Waals surface area (Å²) < 4.78 is 0. The van der Waals surface area contributed by atoms with Crippen molar-refractivity contribution in [3.8, 4) is 6.07 Å². The predicted molar refractivity (Wildman–Crippen MR) is 51.1 cm³/mol. The van der Waals surface area contributed by atoms with E-state index >= 15 is 0 Å². The smallest absolute Gasteiger partial charge is 0.316 e. The summed E-state index contributed by atoms with van der Waals surface area (Å²) in [5, 5.41) is 13.9. The second-order valence-electron chi connectivity index (χ2n) is 3.64. The number of amides is 2. The number of carbonyl (C=O) groups is 1. The molecule has 1 unspecified atom stereocenters. The Morgan fingerprint density at radius 3 is 2.54 bits per heavy atom. The molecule has 0 aromatic rings. The fourth-order valence-corrected chi connectivity index (χ4v) is 0.674. The minimum atomic E-state index is -0.808. The molecule has 0 aliphatic carbocycles. The van der Waals surface area contributed by atoms with Crippen LogP contribution in [0, 0.1) is 11.3 Å². The topological polar surface area (TPSA) is 64.9 Å². The molecule has 0 bridgehead atoms. The van der Waals surface area contributed by atoms with Crippen LogP contribution in [0.4, 0.5) is 4.79 Å². The van der Waals surface area contributed by atoms with Crippen LogP contribution in [-0.4, -0.2) is 17.6 Å². The van der Waals surface area contributed by atoms with Crippen molar-refractivity contribution in [1.29, 1.82) is 5.26 Å². The summed E-state index contributed by atoms with van der Waals surface area (Å²) >= 11 is 0. The number of rotatable bonds is 3. The lowest BCUT2D eigenvalue weighted by atomic mass is 10.1. The normalized spacial score (nSPS) is 12.8. The first-order valence-corrected chi connectivity index (χ1v) is 4.41. The van der Waals surface area contributed by atoms with Crippen LogP contribution in [0.15, 0.2) is 0 Å². The predicted octanol–water partition coefficient (Wildman–Crippen LogP) is 1.39. The maximum atomic E-state index is 11.2. The largest absolute Gasteiger partial charge is 0.336 e. The van der Waals surface area contributed by atoms with Crippen molar-refractivity contribution in [3.63, 3.8) is 0 Å². The molecular formula is C9H17N3O. The number of carbonyl (C=O) groups excluding carboxylic acids is 1. The lowest BCUT2D eigenvalue weighted by molar-refractivity contribution is 0.231. The summed E-state index contributed by atoms with van der Waals surface area (Å²) in [6.45, 7) is 7.21. The van der Waals surface area contributed by atoms with Crippen LogP contribution in [-0.2, 0) is 0 Å². The molecule has 2 amide bonds. The molecule has 0 fully saturated rings. The minimum absolute atomic E-state index is 0.134. The second kappa shape index (κ2) is 4.70. The summed E-state index contributed by atoms with van der Waals surface area (Å²) in [6.07, 6.45) is 0.875. The average molecular weight is 183 g/mol. The Bertz CT molecular complexity index is 217. The van der Waals surface area contributed by atoms with E-state index in [1.165, 1.54) is 0 Å². The molecule has 13 heavy (non-hydrogen) atoms. The van der Waals surface area contributed by atoms with Gasteiger partial charge in [0.15, 0.2) is 0 Å². The Balaban J connectivity index is 3.97. The van der Waals surface area contributed by atoms with E-state index in [1.54, 1.807) is 13.8 Å². The van der Waals surface area contributed by atoms with E-state index in [9.17, 15) is 4.79 Å². The van der Waals surface area contributed by atoms with E-state index < -0.39 is 5.54 Å². The van der Waals surface area contributed by atoms with E-state index in [2.05, 4.69) is 10.6 Å². The summed E-state index contributed by atoms with van der Waals surface area (Å²) in [7, 11) is 0. The van der Waals surface area contributed by atoms with Gasteiger partial charge in [-0.2, -0.15) is 5.26 Å². The second-order valence-corrected chi connectivity index (χ2v) is 3.64. The Kier molecular flexibility index (Phi) is 4.26. The highest BCUT2D eigenvalue weighted by Crippen LogP contribution is 1.98. The van der Waals surface area contributed by atoms with Crippen LogP contribution >= 0.6 is 0 Å². The SMILES string of the molecule is CCC(C)NC(=O)NC(C)(C)C#N. The molecule has 0 saturated carbocycles. The minimum Gasteiger partial charge on any atom is -0.336 e. The standard InChI is InChI=1S/C9H17N3O/c1-5-7(2)11-8(13)12-9(3,4)6-10/h7H,5H2,1-4H3,(H2,11,12,13). The van der Waals surface area contributed by atoms with E-state index in [1.807, 2.05) is 19.9 Å². The van der Waals surface area contributed by atoms with Gasteiger partial charge >= 0.3 is 6.03 Å². The Labute approximate surface area is 79.3 Å². The molecule has 4 heteroatoms. The van der Waals surface area contributed by atoms with E-state index in [0.29, 0.717) is 0 Å². The molecule has 2 N–H and O–H groups in total. The summed E-state index contributed by atoms with van der Waals surface area (Å²) in [5.41, 5.74) is -0.808. The molecule has 0 aromatic heterocycles. The molecular weight excluding hydrogens is 166 g/mol. The van der Waals surface area contributed by atoms with Gasteiger partial charge in [0.25, 0.3) is 0 Å². The van der Waals surface area contributed by atoms with Crippen LogP contribution in [0.5, 0.6) is 0 Å². The molecule has 0 radical (unpaired) electrons. The molecule has 0 aliphatic heterocycles. The molecule has 0 rings (SSSR count). The zero-order chi connectivity index (χ0) is 10.5. The van der Waals surface area contributed by atoms with Crippen molar-refractivity contribution >= 4 is 6.03 Å². The quantitative estimate of drug-likeness (QED) is 0.694. The van der Waals surface area contributed by atoms with Gasteiger partial charge in [-0.05, 0) is 27.2 Å². The number of urea groups is 1. The zero-order valence-electron chi connectivity index (χ0n) is 8.64. The lowest BCUT2D eigenvalue weighted by Crippen LogP contribution is -2.49. The molecule has 0 aliphatic rings. The molecule has 0 spiro atoms. The summed E-state index contributed by atoms with van der Waals surface area (Å²) in [4.78, 5) is 11.2. The number of nitrogens with one attached hydrogen (secondary N) is 2. The van der Waals surface area contributed by atoms with Gasteiger partial charge in [0.2, 0.25) is 0 Å². The fraction of sp³-hybridized carbons (Fsp3) is 0.778. The van der Waals surface area contributed by atoms with Gasteiger partial charge in [-0.1, -0.05) is 6.92 Å². The summed E-state index contributed by atoms with van der Waals surface area (Å²) in [5.74, 6) is 0. The van der Waals surface area contributed by atoms with Crippen LogP contribution in [0.1, 0.15) is 34.1 Å². The highest BCUT2D eigenvalue weighted by atomic mass is 16.2. The van der Waals surface area contributed by atoms with Crippen molar-refractivity contribution < 1.29 is 4.79 Å². The Morgan fingerprint density at radius 2 is 2.15 bits per heavy atom. The van der Waals surface area contributed by atoms with Crippen molar-refractivity contribution in [3.05, 3.63) is 0 Å². The molecule has 0 saturated heterocycles. The zero-order valence-corrected chi connectivity index (χ0v) is 8.64. The highest BCUT2D eigenvalue weighted by Gasteiger charge is 2.19. The summed E-state index contributed by atoms with van der Waals surface area (Å²) in [6, 6.07) is 1.83. The van der Waals surface area contributed by atoms with Crippen LogP contribution in [0.2, 0.25) is 0 Å². The molecule has 74 valence electrons. The van der Waals surface area contributed by atoms with Crippen LogP contribution < -0.4 is 10.6 Å². The van der Waals surface area contributed by atoms with Gasteiger partial charge in [0, 0.05) is 6.04 Å². The third kappa shape index (κ3) is 5.07.